The lowest BCUT2D eigenvalue weighted by Gasteiger charge is -2.14. The van der Waals surface area contributed by atoms with Crippen molar-refractivity contribution >= 4 is 22.5 Å². The minimum absolute atomic E-state index is 0.265. The Morgan fingerprint density at radius 1 is 1.06 bits per heavy atom. The van der Waals surface area contributed by atoms with E-state index in [2.05, 4.69) is 0 Å². The van der Waals surface area contributed by atoms with Gasteiger partial charge in [-0.05, 0) is 23.4 Å². The molecule has 0 spiro atoms. The van der Waals surface area contributed by atoms with Gasteiger partial charge in [0.1, 0.15) is 5.75 Å². The number of fused-ring (bicyclic) bond motifs is 1. The van der Waals surface area contributed by atoms with Crippen LogP contribution in [0, 0.1) is 5.92 Å². The topological polar surface area (TPSA) is 40.5 Å². The number of rotatable bonds is 4. The summed E-state index contributed by atoms with van der Waals surface area (Å²) in [4.78, 5) is 1.10. The second kappa shape index (κ2) is 5.63. The van der Waals surface area contributed by atoms with E-state index in [0.29, 0.717) is 11.5 Å². The third kappa shape index (κ3) is 2.79. The molecule has 3 heteroatoms. The highest BCUT2D eigenvalue weighted by atomic mass is 32.2. The molecule has 1 unspecified atom stereocenters. The van der Waals surface area contributed by atoms with Crippen LogP contribution in [-0.2, 0) is 0 Å². The maximum atomic E-state index is 9.84. The molecule has 0 heterocycles. The number of aliphatic hydroxyl groups is 1. The molecule has 0 aromatic heterocycles. The maximum Gasteiger partial charge on any atom is 0.123 e. The van der Waals surface area contributed by atoms with Gasteiger partial charge in [-0.3, -0.25) is 0 Å². The third-order valence-corrected chi connectivity index (χ3v) is 4.22. The van der Waals surface area contributed by atoms with Crippen LogP contribution in [-0.4, -0.2) is 22.1 Å². The van der Waals surface area contributed by atoms with E-state index in [4.69, 9.17) is 0 Å². The molecule has 0 aliphatic carbocycles. The fourth-order valence-corrected chi connectivity index (χ4v) is 2.98. The zero-order valence-electron chi connectivity index (χ0n) is 10.6. The van der Waals surface area contributed by atoms with Gasteiger partial charge in [-0.2, -0.15) is 0 Å². The molecule has 0 fully saturated rings. The summed E-state index contributed by atoms with van der Waals surface area (Å²) in [5.41, 5.74) is 0. The van der Waals surface area contributed by atoms with Crippen molar-refractivity contribution in [3.8, 4) is 5.75 Å². The SMILES string of the molecule is CC(C)C(O)CSc1ccc(O)c2ccccc12. The van der Waals surface area contributed by atoms with Gasteiger partial charge in [-0.25, -0.2) is 0 Å². The minimum atomic E-state index is -0.303. The Morgan fingerprint density at radius 3 is 2.39 bits per heavy atom. The number of phenolic OH excluding ortho intramolecular Hbond substituents is 1. The highest BCUT2D eigenvalue weighted by Gasteiger charge is 2.11. The molecular formula is C15H18O2S. The van der Waals surface area contributed by atoms with Gasteiger partial charge >= 0.3 is 0 Å². The van der Waals surface area contributed by atoms with Crippen LogP contribution in [0.5, 0.6) is 5.75 Å². The van der Waals surface area contributed by atoms with Gasteiger partial charge in [-0.15, -0.1) is 11.8 Å². The Balaban J connectivity index is 2.26. The summed E-state index contributed by atoms with van der Waals surface area (Å²) < 4.78 is 0. The zero-order chi connectivity index (χ0) is 13.1. The van der Waals surface area contributed by atoms with Crippen LogP contribution in [0.15, 0.2) is 41.3 Å². The molecule has 0 saturated heterocycles. The first-order chi connectivity index (χ1) is 8.59. The van der Waals surface area contributed by atoms with Crippen LogP contribution in [0.2, 0.25) is 0 Å². The molecule has 0 saturated carbocycles. The second-order valence-corrected chi connectivity index (χ2v) is 5.81. The molecule has 2 nitrogen and oxygen atoms in total. The number of aromatic hydroxyl groups is 1. The Bertz CT molecular complexity index is 537. The number of benzene rings is 2. The molecule has 2 N–H and O–H groups in total. The Hall–Kier alpha value is -1.19. The van der Waals surface area contributed by atoms with Gasteiger partial charge in [0, 0.05) is 16.0 Å². The molecule has 0 bridgehead atoms. The Labute approximate surface area is 112 Å². The molecule has 2 rings (SSSR count). The second-order valence-electron chi connectivity index (χ2n) is 4.75. The Kier molecular flexibility index (Phi) is 4.15. The molecule has 0 radical (unpaired) electrons. The van der Waals surface area contributed by atoms with Crippen LogP contribution in [0.25, 0.3) is 10.8 Å². The molecule has 0 amide bonds. The van der Waals surface area contributed by atoms with E-state index in [1.165, 1.54) is 0 Å². The minimum Gasteiger partial charge on any atom is -0.507 e. The average molecular weight is 262 g/mol. The zero-order valence-corrected chi connectivity index (χ0v) is 11.4. The predicted octanol–water partition coefficient (Wildman–Crippen LogP) is 3.65. The maximum absolute atomic E-state index is 9.84. The van der Waals surface area contributed by atoms with Crippen LogP contribution in [0.3, 0.4) is 0 Å². The summed E-state index contributed by atoms with van der Waals surface area (Å²) in [7, 11) is 0. The summed E-state index contributed by atoms with van der Waals surface area (Å²) in [5.74, 6) is 1.24. The van der Waals surface area contributed by atoms with Crippen LogP contribution in [0.1, 0.15) is 13.8 Å². The van der Waals surface area contributed by atoms with Crippen molar-refractivity contribution in [2.75, 3.05) is 5.75 Å². The molecule has 0 aliphatic rings. The first-order valence-electron chi connectivity index (χ1n) is 6.11. The van der Waals surface area contributed by atoms with Crippen molar-refractivity contribution in [2.24, 2.45) is 5.92 Å². The van der Waals surface area contributed by atoms with Gasteiger partial charge in [-0.1, -0.05) is 38.1 Å². The molecule has 1 atom stereocenters. The monoisotopic (exact) mass is 262 g/mol. The van der Waals surface area contributed by atoms with Crippen LogP contribution in [0.4, 0.5) is 0 Å². The molecular weight excluding hydrogens is 244 g/mol. The summed E-state index contributed by atoms with van der Waals surface area (Å²) in [6, 6.07) is 11.4. The van der Waals surface area contributed by atoms with Crippen molar-refractivity contribution in [3.05, 3.63) is 36.4 Å². The standard InChI is InChI=1S/C15H18O2S/c1-10(2)14(17)9-18-15-8-7-13(16)11-5-3-4-6-12(11)15/h3-8,10,14,16-17H,9H2,1-2H3. The number of phenols is 1. The van der Waals surface area contributed by atoms with E-state index in [-0.39, 0.29) is 12.0 Å². The van der Waals surface area contributed by atoms with Gasteiger partial charge < -0.3 is 10.2 Å². The molecule has 18 heavy (non-hydrogen) atoms. The van der Waals surface area contributed by atoms with Crippen LogP contribution < -0.4 is 0 Å². The number of hydrogen-bond donors (Lipinski definition) is 2. The first kappa shape index (κ1) is 13.2. The summed E-state index contributed by atoms with van der Waals surface area (Å²) in [6.45, 7) is 4.03. The largest absolute Gasteiger partial charge is 0.507 e. The summed E-state index contributed by atoms with van der Waals surface area (Å²) >= 11 is 1.63. The summed E-state index contributed by atoms with van der Waals surface area (Å²) in [6.07, 6.45) is -0.303. The number of thioether (sulfide) groups is 1. The fraction of sp³-hybridized carbons (Fsp3) is 0.333. The van der Waals surface area contributed by atoms with Gasteiger partial charge in [0.25, 0.3) is 0 Å². The molecule has 2 aromatic rings. The quantitative estimate of drug-likeness (QED) is 0.826. The average Bonchev–Trinajstić information content (AvgIpc) is 2.38. The lowest BCUT2D eigenvalue weighted by atomic mass is 10.1. The van der Waals surface area contributed by atoms with E-state index in [1.807, 2.05) is 44.2 Å². The van der Waals surface area contributed by atoms with Crippen LogP contribution >= 0.6 is 11.8 Å². The van der Waals surface area contributed by atoms with E-state index >= 15 is 0 Å². The van der Waals surface area contributed by atoms with E-state index in [1.54, 1.807) is 17.8 Å². The Morgan fingerprint density at radius 2 is 1.72 bits per heavy atom. The normalized spacial score (nSPS) is 13.1. The van der Waals surface area contributed by atoms with Crippen molar-refractivity contribution in [1.82, 2.24) is 0 Å². The number of hydrogen-bond acceptors (Lipinski definition) is 3. The van der Waals surface area contributed by atoms with E-state index in [0.717, 1.165) is 15.7 Å². The van der Waals surface area contributed by atoms with Gasteiger partial charge in [0.2, 0.25) is 0 Å². The fourth-order valence-electron chi connectivity index (χ4n) is 1.75. The van der Waals surface area contributed by atoms with E-state index < -0.39 is 0 Å². The van der Waals surface area contributed by atoms with Crippen molar-refractivity contribution in [3.63, 3.8) is 0 Å². The smallest absolute Gasteiger partial charge is 0.123 e. The number of aliphatic hydroxyl groups excluding tert-OH is 1. The highest BCUT2D eigenvalue weighted by Crippen LogP contribution is 2.33. The summed E-state index contributed by atoms with van der Waals surface area (Å²) in [5, 5.41) is 21.5. The lowest BCUT2D eigenvalue weighted by molar-refractivity contribution is 0.149. The van der Waals surface area contributed by atoms with Crippen molar-refractivity contribution in [1.29, 1.82) is 0 Å². The first-order valence-corrected chi connectivity index (χ1v) is 7.09. The van der Waals surface area contributed by atoms with Crippen molar-refractivity contribution in [2.45, 2.75) is 24.8 Å². The van der Waals surface area contributed by atoms with E-state index in [9.17, 15) is 10.2 Å². The predicted molar refractivity (Wildman–Crippen MR) is 77.2 cm³/mol. The molecule has 2 aromatic carbocycles. The van der Waals surface area contributed by atoms with Crippen molar-refractivity contribution < 1.29 is 10.2 Å². The highest BCUT2D eigenvalue weighted by molar-refractivity contribution is 7.99. The third-order valence-electron chi connectivity index (χ3n) is 3.04. The lowest BCUT2D eigenvalue weighted by Crippen LogP contribution is -2.17. The molecule has 0 aliphatic heterocycles. The van der Waals surface area contributed by atoms with Gasteiger partial charge in [0.05, 0.1) is 6.10 Å². The van der Waals surface area contributed by atoms with Gasteiger partial charge in [0.15, 0.2) is 0 Å². The molecule has 96 valence electrons.